The minimum atomic E-state index is -1.04. The Bertz CT molecular complexity index is 1730. The van der Waals surface area contributed by atoms with Crippen LogP contribution in [0.25, 0.3) is 6.08 Å². The summed E-state index contributed by atoms with van der Waals surface area (Å²) in [5.41, 5.74) is 8.31. The number of anilines is 3. The predicted molar refractivity (Wildman–Crippen MR) is 242 cm³/mol. The molecule has 0 aliphatic heterocycles. The zero-order valence-electron chi connectivity index (χ0n) is 32.8. The number of aliphatic carboxylic acids is 2. The summed E-state index contributed by atoms with van der Waals surface area (Å²) in [6.45, 7) is 2.77. The van der Waals surface area contributed by atoms with Gasteiger partial charge in [0.2, 0.25) is 0 Å². The summed E-state index contributed by atoms with van der Waals surface area (Å²) in [6, 6.07) is 21.9. The molecule has 0 heterocycles. The normalized spacial score (nSPS) is 9.36. The van der Waals surface area contributed by atoms with Gasteiger partial charge in [-0.3, -0.25) is 24.0 Å². The molecule has 322 valence electrons. The van der Waals surface area contributed by atoms with E-state index in [1.165, 1.54) is 50.1 Å². The molecule has 0 spiro atoms. The highest BCUT2D eigenvalue weighted by molar-refractivity contribution is 14.1. The number of hydrogen-bond donors (Lipinski definition) is 3. The number of carbonyl (C=O) groups is 7. The number of esters is 5. The van der Waals surface area contributed by atoms with Crippen LogP contribution in [-0.2, 0) is 57.2 Å². The van der Waals surface area contributed by atoms with Gasteiger partial charge in [-0.2, -0.15) is 0 Å². The Morgan fingerprint density at radius 3 is 1.14 bits per heavy atom. The second-order valence-electron chi connectivity index (χ2n) is 10.6. The quantitative estimate of drug-likeness (QED) is 0.0477. The summed E-state index contributed by atoms with van der Waals surface area (Å²) < 4.78 is 24.9. The average molecular weight is 1110 g/mol. The van der Waals surface area contributed by atoms with Crippen LogP contribution in [0.2, 0.25) is 0 Å². The van der Waals surface area contributed by atoms with Crippen molar-refractivity contribution in [1.82, 2.24) is 0 Å². The minimum Gasteiger partial charge on any atom is -0.478 e. The SMILES string of the molecule is C=CC(=O)O.COC(=O)CBr.COC(=O)CN(CC(=O)OC)c1ccc(/C=C/C(=O)O)cc1.COC(=O)CN(CC(=O)OC)c1ccc(I)cc1.Nc1ccc(I)cc1. The average Bonchev–Trinajstić information content (AvgIpc) is 3.24. The Kier molecular flexibility index (Phi) is 31.9. The van der Waals surface area contributed by atoms with Gasteiger partial charge in [-0.1, -0.05) is 34.6 Å². The first-order valence-corrected chi connectivity index (χ1v) is 19.7. The van der Waals surface area contributed by atoms with E-state index >= 15 is 0 Å². The van der Waals surface area contributed by atoms with Gasteiger partial charge in [0.1, 0.15) is 31.5 Å². The van der Waals surface area contributed by atoms with Crippen LogP contribution in [0, 0.1) is 7.14 Å². The number of carbonyl (C=O) groups excluding carboxylic acids is 5. The van der Waals surface area contributed by atoms with Crippen LogP contribution in [0.5, 0.6) is 0 Å². The van der Waals surface area contributed by atoms with Gasteiger partial charge in [0.25, 0.3) is 0 Å². The maximum atomic E-state index is 11.4. The molecular formula is C39H46BrI2N3O14. The standard InChI is InChI=1S/C15H17NO6.C12H14INO4.C6H6IN.C3H5BrO2.C3H4O2/c1-21-14(19)9-16(10-15(20)22-2)12-6-3-11(4-7-12)5-8-13(17)18;1-17-11(15)7-14(8-12(16)18-2)10-5-3-9(13)4-6-10;7-5-1-3-6(8)4-2-5;1-6-3(5)2-4;1-2-3(4)5/h3-8H,9-10H2,1-2H3,(H,17,18);3-6H,7-8H2,1-2H3;1-4H,8H2;2H2,1H3;2H,1H2,(H,4,5)/b8-5+;;;;. The summed E-state index contributed by atoms with van der Waals surface area (Å²) in [6.07, 6.45) is 3.30. The molecule has 17 nitrogen and oxygen atoms in total. The van der Waals surface area contributed by atoms with Gasteiger partial charge in [-0.25, -0.2) is 9.59 Å². The minimum absolute atomic E-state index is 0.00614. The van der Waals surface area contributed by atoms with Crippen molar-refractivity contribution < 1.29 is 67.5 Å². The van der Waals surface area contributed by atoms with Crippen molar-refractivity contribution >= 4 is 126 Å². The van der Waals surface area contributed by atoms with Crippen molar-refractivity contribution in [3.05, 3.63) is 104 Å². The fourth-order valence-corrected chi connectivity index (χ4v) is 4.44. The molecule has 4 N–H and O–H groups in total. The molecule has 0 fully saturated rings. The molecule has 0 saturated heterocycles. The molecule has 0 bridgehead atoms. The van der Waals surface area contributed by atoms with Crippen molar-refractivity contribution in [1.29, 1.82) is 0 Å². The van der Waals surface area contributed by atoms with Crippen LogP contribution >= 0.6 is 61.1 Å². The summed E-state index contributed by atoms with van der Waals surface area (Å²) in [4.78, 5) is 78.2. The summed E-state index contributed by atoms with van der Waals surface area (Å²) >= 11 is 7.33. The highest BCUT2D eigenvalue weighted by atomic mass is 127. The van der Waals surface area contributed by atoms with Crippen LogP contribution in [0.15, 0.2) is 91.5 Å². The lowest BCUT2D eigenvalue weighted by Crippen LogP contribution is -2.35. The number of carboxylic acids is 2. The first-order chi connectivity index (χ1) is 27.9. The molecule has 0 aliphatic rings. The van der Waals surface area contributed by atoms with Crippen LogP contribution in [-0.4, -0.2) is 119 Å². The number of alkyl halides is 1. The largest absolute Gasteiger partial charge is 0.478 e. The number of nitrogen functional groups attached to an aromatic ring is 1. The first-order valence-electron chi connectivity index (χ1n) is 16.4. The number of benzene rings is 3. The molecule has 3 aromatic carbocycles. The molecule has 0 radical (unpaired) electrons. The second-order valence-corrected chi connectivity index (χ2v) is 13.6. The first kappa shape index (κ1) is 55.9. The summed E-state index contributed by atoms with van der Waals surface area (Å²) in [5, 5.41) is 16.5. The smallest absolute Gasteiger partial charge is 0.328 e. The van der Waals surface area contributed by atoms with Gasteiger partial charge in [0.15, 0.2) is 0 Å². The predicted octanol–water partition coefficient (Wildman–Crippen LogP) is 5.07. The van der Waals surface area contributed by atoms with Gasteiger partial charge in [0.05, 0.1) is 35.5 Å². The monoisotopic (exact) mass is 1110 g/mol. The van der Waals surface area contributed by atoms with Crippen molar-refractivity contribution in [2.75, 3.05) is 82.6 Å². The van der Waals surface area contributed by atoms with E-state index in [-0.39, 0.29) is 37.5 Å². The van der Waals surface area contributed by atoms with Gasteiger partial charge >= 0.3 is 41.8 Å². The molecule has 0 aromatic heterocycles. The van der Waals surface area contributed by atoms with E-state index < -0.39 is 35.8 Å². The van der Waals surface area contributed by atoms with E-state index in [1.807, 2.05) is 48.5 Å². The van der Waals surface area contributed by atoms with Crippen LogP contribution in [0.4, 0.5) is 17.1 Å². The molecule has 0 unspecified atom stereocenters. The highest BCUT2D eigenvalue weighted by Gasteiger charge is 2.17. The van der Waals surface area contributed by atoms with Gasteiger partial charge in [-0.15, -0.1) is 0 Å². The Morgan fingerprint density at radius 1 is 0.593 bits per heavy atom. The van der Waals surface area contributed by atoms with Crippen molar-refractivity contribution in [2.45, 2.75) is 0 Å². The molecule has 0 aliphatic carbocycles. The Balaban J connectivity index is 0. The molecule has 3 rings (SSSR count). The molecule has 0 atom stereocenters. The number of methoxy groups -OCH3 is 5. The summed E-state index contributed by atoms with van der Waals surface area (Å²) in [5.74, 6) is -4.05. The number of rotatable bonds is 14. The number of ether oxygens (including phenoxy) is 5. The Hall–Kier alpha value is -5.23. The second kappa shape index (κ2) is 33.7. The van der Waals surface area contributed by atoms with Crippen LogP contribution < -0.4 is 15.5 Å². The van der Waals surface area contributed by atoms with Crippen molar-refractivity contribution in [3.8, 4) is 0 Å². The van der Waals surface area contributed by atoms with E-state index in [9.17, 15) is 33.6 Å². The van der Waals surface area contributed by atoms with Crippen molar-refractivity contribution in [2.24, 2.45) is 0 Å². The van der Waals surface area contributed by atoms with Gasteiger partial charge in [-0.05, 0) is 117 Å². The Morgan fingerprint density at radius 2 is 0.898 bits per heavy atom. The molecule has 59 heavy (non-hydrogen) atoms. The summed E-state index contributed by atoms with van der Waals surface area (Å²) in [7, 11) is 6.50. The fourth-order valence-electron chi connectivity index (χ4n) is 3.49. The lowest BCUT2D eigenvalue weighted by atomic mass is 10.2. The van der Waals surface area contributed by atoms with Crippen LogP contribution in [0.1, 0.15) is 5.56 Å². The third-order valence-corrected chi connectivity index (χ3v) is 8.34. The molecule has 3 aromatic rings. The molecule has 0 saturated carbocycles. The van der Waals surface area contributed by atoms with E-state index in [0.717, 1.165) is 27.1 Å². The molecule has 0 amide bonds. The lowest BCUT2D eigenvalue weighted by Gasteiger charge is -2.22. The third kappa shape index (κ3) is 29.6. The molecular weight excluding hydrogens is 1070 g/mol. The topological polar surface area (TPSA) is 239 Å². The lowest BCUT2D eigenvalue weighted by molar-refractivity contribution is -0.141. The number of carboxylic acid groups (broad SMARTS) is 2. The number of nitrogens with zero attached hydrogens (tertiary/aromatic N) is 2. The molecule has 20 heteroatoms. The third-order valence-electron chi connectivity index (χ3n) is 6.44. The van der Waals surface area contributed by atoms with E-state index in [0.29, 0.717) is 11.3 Å². The zero-order chi connectivity index (χ0) is 45.3. The van der Waals surface area contributed by atoms with E-state index in [2.05, 4.69) is 91.4 Å². The number of nitrogens with two attached hydrogens (primary N) is 1. The van der Waals surface area contributed by atoms with Crippen LogP contribution in [0.3, 0.4) is 0 Å². The number of halogens is 3. The number of hydrogen-bond acceptors (Lipinski definition) is 15. The van der Waals surface area contributed by atoms with Gasteiger partial charge in [0, 0.05) is 36.4 Å². The Labute approximate surface area is 377 Å². The fraction of sp³-hybridized carbons (Fsp3) is 0.256. The maximum absolute atomic E-state index is 11.4. The van der Waals surface area contributed by atoms with E-state index in [1.54, 1.807) is 29.2 Å². The zero-order valence-corrected chi connectivity index (χ0v) is 38.7. The van der Waals surface area contributed by atoms with Gasteiger partial charge < -0.3 is 49.4 Å². The maximum Gasteiger partial charge on any atom is 0.328 e. The highest BCUT2D eigenvalue weighted by Crippen LogP contribution is 2.18. The van der Waals surface area contributed by atoms with Crippen molar-refractivity contribution in [3.63, 3.8) is 0 Å². The van der Waals surface area contributed by atoms with E-state index in [4.69, 9.17) is 15.9 Å².